The highest BCUT2D eigenvalue weighted by molar-refractivity contribution is 7.98. The van der Waals surface area contributed by atoms with Gasteiger partial charge in [0.05, 0.1) is 17.7 Å². The van der Waals surface area contributed by atoms with Crippen LogP contribution in [-0.2, 0) is 14.3 Å². The van der Waals surface area contributed by atoms with Crippen LogP contribution in [0.25, 0.3) is 10.4 Å². The van der Waals surface area contributed by atoms with Gasteiger partial charge in [-0.3, -0.25) is 4.79 Å². The van der Waals surface area contributed by atoms with E-state index in [1.807, 2.05) is 30.3 Å². The summed E-state index contributed by atoms with van der Waals surface area (Å²) in [5.74, 6) is -1.74. The molecule has 9 heteroatoms. The van der Waals surface area contributed by atoms with E-state index < -0.39 is 23.9 Å². The topological polar surface area (TPSA) is 94.6 Å². The molecule has 3 aromatic rings. The van der Waals surface area contributed by atoms with E-state index in [2.05, 4.69) is 10.3 Å². The number of amides is 1. The van der Waals surface area contributed by atoms with Gasteiger partial charge in [-0.25, -0.2) is 14.6 Å². The standard InChI is InChI=1S/C23H22N2O5S2/c1-4-29-22(27)17-13-18(15-9-6-5-7-10-15)32-21(17)25-19(26)14(2)30-23(28)16-11-8-12-24-20(16)31-3/h5-14H,4H2,1-3H3,(H,25,26). The fourth-order valence-corrected chi connectivity index (χ4v) is 4.38. The van der Waals surface area contributed by atoms with Crippen LogP contribution in [0.15, 0.2) is 59.8 Å². The molecule has 0 radical (unpaired) electrons. The van der Waals surface area contributed by atoms with Crippen LogP contribution in [0.4, 0.5) is 5.00 Å². The van der Waals surface area contributed by atoms with Gasteiger partial charge in [0.15, 0.2) is 6.10 Å². The highest BCUT2D eigenvalue weighted by Crippen LogP contribution is 2.36. The highest BCUT2D eigenvalue weighted by Gasteiger charge is 2.25. The number of thiophene rings is 1. The van der Waals surface area contributed by atoms with E-state index in [1.165, 1.54) is 30.0 Å². The van der Waals surface area contributed by atoms with Crippen LogP contribution in [-0.4, -0.2) is 41.8 Å². The zero-order chi connectivity index (χ0) is 23.1. The van der Waals surface area contributed by atoms with Crippen molar-refractivity contribution in [2.24, 2.45) is 0 Å². The molecular formula is C23H22N2O5S2. The lowest BCUT2D eigenvalue weighted by molar-refractivity contribution is -0.123. The molecule has 0 aliphatic carbocycles. The number of rotatable bonds is 8. The van der Waals surface area contributed by atoms with Crippen molar-refractivity contribution < 1.29 is 23.9 Å². The summed E-state index contributed by atoms with van der Waals surface area (Å²) in [6, 6.07) is 14.4. The number of nitrogens with one attached hydrogen (secondary N) is 1. The molecule has 0 aliphatic heterocycles. The number of aromatic nitrogens is 1. The number of carbonyl (C=O) groups is 3. The SMILES string of the molecule is CCOC(=O)c1cc(-c2ccccc2)sc1NC(=O)C(C)OC(=O)c1cccnc1SC. The van der Waals surface area contributed by atoms with Crippen LogP contribution in [0, 0.1) is 0 Å². The Kier molecular flexibility index (Phi) is 8.02. The predicted molar refractivity (Wildman–Crippen MR) is 125 cm³/mol. The van der Waals surface area contributed by atoms with Gasteiger partial charge in [0.1, 0.15) is 10.0 Å². The number of anilines is 1. The van der Waals surface area contributed by atoms with E-state index in [4.69, 9.17) is 9.47 Å². The normalized spacial score (nSPS) is 11.5. The maximum atomic E-state index is 12.8. The van der Waals surface area contributed by atoms with Gasteiger partial charge in [-0.05, 0) is 43.9 Å². The van der Waals surface area contributed by atoms with Crippen molar-refractivity contribution in [3.63, 3.8) is 0 Å². The van der Waals surface area contributed by atoms with Crippen molar-refractivity contribution in [2.45, 2.75) is 25.0 Å². The van der Waals surface area contributed by atoms with Crippen LogP contribution in [0.1, 0.15) is 34.6 Å². The molecule has 1 amide bonds. The average Bonchev–Trinajstić information content (AvgIpc) is 3.23. The van der Waals surface area contributed by atoms with Crippen molar-refractivity contribution in [1.82, 2.24) is 4.98 Å². The first-order valence-corrected chi connectivity index (χ1v) is 11.9. The molecule has 0 saturated carbocycles. The van der Waals surface area contributed by atoms with Gasteiger partial charge in [0.25, 0.3) is 5.91 Å². The van der Waals surface area contributed by atoms with Gasteiger partial charge in [0.2, 0.25) is 0 Å². The van der Waals surface area contributed by atoms with Crippen molar-refractivity contribution >= 4 is 45.9 Å². The van der Waals surface area contributed by atoms with Gasteiger partial charge < -0.3 is 14.8 Å². The molecule has 3 rings (SSSR count). The fraction of sp³-hybridized carbons (Fsp3) is 0.217. The Morgan fingerprint density at radius 1 is 1.09 bits per heavy atom. The number of thioether (sulfide) groups is 1. The highest BCUT2D eigenvalue weighted by atomic mass is 32.2. The number of hydrogen-bond acceptors (Lipinski definition) is 8. The minimum atomic E-state index is -1.09. The van der Waals surface area contributed by atoms with Crippen LogP contribution < -0.4 is 5.32 Å². The Labute approximate surface area is 194 Å². The van der Waals surface area contributed by atoms with Crippen LogP contribution in [0.2, 0.25) is 0 Å². The third-order valence-corrected chi connectivity index (χ3v) is 6.17. The summed E-state index contributed by atoms with van der Waals surface area (Å²) in [6.07, 6.45) is 2.29. The number of esters is 2. The lowest BCUT2D eigenvalue weighted by Gasteiger charge is -2.14. The smallest absolute Gasteiger partial charge is 0.341 e. The summed E-state index contributed by atoms with van der Waals surface area (Å²) >= 11 is 2.56. The third-order valence-electron chi connectivity index (χ3n) is 4.36. The summed E-state index contributed by atoms with van der Waals surface area (Å²) < 4.78 is 10.5. The number of nitrogens with zero attached hydrogens (tertiary/aromatic N) is 1. The van der Waals surface area contributed by atoms with E-state index >= 15 is 0 Å². The number of pyridine rings is 1. The van der Waals surface area contributed by atoms with Crippen molar-refractivity contribution in [3.8, 4) is 10.4 Å². The van der Waals surface area contributed by atoms with E-state index in [-0.39, 0.29) is 17.7 Å². The second-order valence-corrected chi connectivity index (χ2v) is 8.38. The largest absolute Gasteiger partial charge is 0.462 e. The predicted octanol–water partition coefficient (Wildman–Crippen LogP) is 4.89. The monoisotopic (exact) mass is 470 g/mol. The Bertz CT molecular complexity index is 1110. The Morgan fingerprint density at radius 2 is 1.84 bits per heavy atom. The molecule has 1 N–H and O–H groups in total. The molecule has 1 aromatic carbocycles. The summed E-state index contributed by atoms with van der Waals surface area (Å²) in [5, 5.41) is 3.55. The lowest BCUT2D eigenvalue weighted by Crippen LogP contribution is -2.30. The summed E-state index contributed by atoms with van der Waals surface area (Å²) in [7, 11) is 0. The van der Waals surface area contributed by atoms with Crippen molar-refractivity contribution in [2.75, 3.05) is 18.2 Å². The summed E-state index contributed by atoms with van der Waals surface area (Å²) in [5.41, 5.74) is 1.44. The molecule has 0 saturated heterocycles. The Balaban J connectivity index is 1.79. The molecule has 166 valence electrons. The van der Waals surface area contributed by atoms with Gasteiger partial charge >= 0.3 is 11.9 Å². The second-order valence-electron chi connectivity index (χ2n) is 6.54. The van der Waals surface area contributed by atoms with E-state index in [0.717, 1.165) is 10.4 Å². The first kappa shape index (κ1) is 23.5. The molecule has 1 unspecified atom stereocenters. The minimum Gasteiger partial charge on any atom is -0.462 e. The average molecular weight is 471 g/mol. The van der Waals surface area contributed by atoms with Crippen LogP contribution in [0.3, 0.4) is 0 Å². The van der Waals surface area contributed by atoms with E-state index in [9.17, 15) is 14.4 Å². The molecular weight excluding hydrogens is 448 g/mol. The minimum absolute atomic E-state index is 0.208. The van der Waals surface area contributed by atoms with E-state index in [1.54, 1.807) is 37.6 Å². The molecule has 1 atom stereocenters. The molecule has 2 heterocycles. The number of ether oxygens (including phenoxy) is 2. The second kappa shape index (κ2) is 10.9. The van der Waals surface area contributed by atoms with Gasteiger partial charge in [-0.1, -0.05) is 30.3 Å². The van der Waals surface area contributed by atoms with Crippen LogP contribution in [0.5, 0.6) is 0 Å². The maximum absolute atomic E-state index is 12.8. The number of hydrogen-bond donors (Lipinski definition) is 1. The van der Waals surface area contributed by atoms with Gasteiger partial charge in [-0.15, -0.1) is 23.1 Å². The number of benzene rings is 1. The summed E-state index contributed by atoms with van der Waals surface area (Å²) in [6.45, 7) is 3.39. The Morgan fingerprint density at radius 3 is 2.53 bits per heavy atom. The molecule has 2 aromatic heterocycles. The molecule has 0 bridgehead atoms. The van der Waals surface area contributed by atoms with Crippen molar-refractivity contribution in [1.29, 1.82) is 0 Å². The first-order valence-electron chi connectivity index (χ1n) is 9.81. The quantitative estimate of drug-likeness (QED) is 0.370. The van der Waals surface area contributed by atoms with Gasteiger partial charge in [-0.2, -0.15) is 0 Å². The van der Waals surface area contributed by atoms with Gasteiger partial charge in [0, 0.05) is 11.1 Å². The molecule has 0 fully saturated rings. The molecule has 7 nitrogen and oxygen atoms in total. The molecule has 32 heavy (non-hydrogen) atoms. The molecule has 0 aliphatic rings. The van der Waals surface area contributed by atoms with Crippen LogP contribution >= 0.6 is 23.1 Å². The van der Waals surface area contributed by atoms with E-state index in [0.29, 0.717) is 10.0 Å². The summed E-state index contributed by atoms with van der Waals surface area (Å²) in [4.78, 5) is 42.6. The zero-order valence-corrected chi connectivity index (χ0v) is 19.4. The third kappa shape index (κ3) is 5.54. The Hall–Kier alpha value is -3.17. The lowest BCUT2D eigenvalue weighted by atomic mass is 10.1. The number of carbonyl (C=O) groups excluding carboxylic acids is 3. The first-order chi connectivity index (χ1) is 15.4. The fourth-order valence-electron chi connectivity index (χ4n) is 2.79. The maximum Gasteiger partial charge on any atom is 0.341 e. The van der Waals surface area contributed by atoms with Crippen molar-refractivity contribution in [3.05, 3.63) is 65.9 Å². The zero-order valence-electron chi connectivity index (χ0n) is 17.8. The molecule has 0 spiro atoms.